The lowest BCUT2D eigenvalue weighted by Gasteiger charge is -2.34. The second-order valence-electron chi connectivity index (χ2n) is 5.54. The van der Waals surface area contributed by atoms with Gasteiger partial charge in [-0.25, -0.2) is 0 Å². The molecule has 0 amide bonds. The van der Waals surface area contributed by atoms with Crippen LogP contribution < -0.4 is 0 Å². The Morgan fingerprint density at radius 2 is 1.48 bits per heavy atom. The first-order chi connectivity index (χ1) is 11.3. The number of hydrogen-bond acceptors (Lipinski definition) is 3. The summed E-state index contributed by atoms with van der Waals surface area (Å²) < 4.78 is 5.51. The van der Waals surface area contributed by atoms with Crippen LogP contribution in [0.15, 0.2) is 60.7 Å². The summed E-state index contributed by atoms with van der Waals surface area (Å²) >= 11 is 0. The van der Waals surface area contributed by atoms with Crippen molar-refractivity contribution >= 4 is 0 Å². The number of nitrogens with zero attached hydrogens (tertiary/aromatic N) is 1. The van der Waals surface area contributed by atoms with Crippen molar-refractivity contribution in [2.75, 3.05) is 26.3 Å². The van der Waals surface area contributed by atoms with E-state index in [1.165, 1.54) is 0 Å². The van der Waals surface area contributed by atoms with Gasteiger partial charge in [-0.3, -0.25) is 4.90 Å². The van der Waals surface area contributed by atoms with Crippen molar-refractivity contribution in [2.24, 2.45) is 0 Å². The molecular weight excluding hydrogens is 286 g/mol. The molecule has 3 nitrogen and oxygen atoms in total. The van der Waals surface area contributed by atoms with E-state index in [2.05, 4.69) is 24.0 Å². The standard InChI is InChI=1S/C20H27NO2/c1-3-21(15-16-23-4-2)19(17-11-7-5-8-12-17)20(22)18-13-9-6-10-14-18/h5-14,19-20,22H,3-4,15-16H2,1-2H3/t19-,20+/m0/s1. The molecule has 0 aromatic heterocycles. The molecule has 3 heteroatoms. The summed E-state index contributed by atoms with van der Waals surface area (Å²) in [5, 5.41) is 11.0. The van der Waals surface area contributed by atoms with E-state index < -0.39 is 6.10 Å². The van der Waals surface area contributed by atoms with Gasteiger partial charge in [0.15, 0.2) is 0 Å². The van der Waals surface area contributed by atoms with Gasteiger partial charge in [-0.2, -0.15) is 0 Å². The van der Waals surface area contributed by atoms with Gasteiger partial charge < -0.3 is 9.84 Å². The highest BCUT2D eigenvalue weighted by atomic mass is 16.5. The van der Waals surface area contributed by atoms with E-state index in [1.807, 2.05) is 55.5 Å². The molecule has 0 spiro atoms. The molecule has 0 saturated carbocycles. The molecule has 0 fully saturated rings. The van der Waals surface area contributed by atoms with E-state index in [9.17, 15) is 5.11 Å². The monoisotopic (exact) mass is 313 g/mol. The van der Waals surface area contributed by atoms with E-state index in [1.54, 1.807) is 0 Å². The molecule has 23 heavy (non-hydrogen) atoms. The third kappa shape index (κ3) is 4.90. The van der Waals surface area contributed by atoms with E-state index in [0.29, 0.717) is 6.61 Å². The fourth-order valence-electron chi connectivity index (χ4n) is 2.90. The second-order valence-corrected chi connectivity index (χ2v) is 5.54. The van der Waals surface area contributed by atoms with Crippen LogP contribution in [0.3, 0.4) is 0 Å². The average Bonchev–Trinajstić information content (AvgIpc) is 2.62. The highest BCUT2D eigenvalue weighted by Crippen LogP contribution is 2.33. The van der Waals surface area contributed by atoms with Crippen molar-refractivity contribution in [2.45, 2.75) is 26.0 Å². The summed E-state index contributed by atoms with van der Waals surface area (Å²) in [6, 6.07) is 20.0. The quantitative estimate of drug-likeness (QED) is 0.714. The SMILES string of the molecule is CCOCCN(CC)[C@@H](c1ccccc1)[C@H](O)c1ccccc1. The van der Waals surface area contributed by atoms with E-state index >= 15 is 0 Å². The van der Waals surface area contributed by atoms with E-state index in [4.69, 9.17) is 4.74 Å². The maximum atomic E-state index is 11.0. The number of benzene rings is 2. The lowest BCUT2D eigenvalue weighted by Crippen LogP contribution is -2.35. The van der Waals surface area contributed by atoms with Gasteiger partial charge in [-0.1, -0.05) is 67.6 Å². The Kier molecular flexibility index (Phi) is 7.27. The fourth-order valence-corrected chi connectivity index (χ4v) is 2.90. The maximum Gasteiger partial charge on any atom is 0.0986 e. The van der Waals surface area contributed by atoms with Gasteiger partial charge in [0.1, 0.15) is 0 Å². The lowest BCUT2D eigenvalue weighted by molar-refractivity contribution is 0.0289. The minimum absolute atomic E-state index is 0.0796. The molecule has 124 valence electrons. The van der Waals surface area contributed by atoms with Gasteiger partial charge in [0.2, 0.25) is 0 Å². The first-order valence-electron chi connectivity index (χ1n) is 8.37. The summed E-state index contributed by atoms with van der Waals surface area (Å²) in [5.74, 6) is 0. The molecule has 1 N–H and O–H groups in total. The molecule has 0 aliphatic rings. The van der Waals surface area contributed by atoms with Crippen LogP contribution in [0.5, 0.6) is 0 Å². The molecule has 0 unspecified atom stereocenters. The lowest BCUT2D eigenvalue weighted by atomic mass is 9.94. The van der Waals surface area contributed by atoms with Crippen LogP contribution in [-0.4, -0.2) is 36.3 Å². The summed E-state index contributed by atoms with van der Waals surface area (Å²) in [6.45, 7) is 7.18. The van der Waals surface area contributed by atoms with E-state index in [0.717, 1.165) is 30.8 Å². The topological polar surface area (TPSA) is 32.7 Å². The molecule has 0 bridgehead atoms. The molecule has 0 heterocycles. The minimum Gasteiger partial charge on any atom is -0.386 e. The zero-order valence-electron chi connectivity index (χ0n) is 14.1. The Bertz CT molecular complexity index is 544. The van der Waals surface area contributed by atoms with Crippen molar-refractivity contribution in [3.8, 4) is 0 Å². The van der Waals surface area contributed by atoms with Crippen molar-refractivity contribution in [3.05, 3.63) is 71.8 Å². The maximum absolute atomic E-state index is 11.0. The minimum atomic E-state index is -0.569. The Morgan fingerprint density at radius 1 is 0.913 bits per heavy atom. The van der Waals surface area contributed by atoms with Gasteiger partial charge in [-0.05, 0) is 24.6 Å². The Hall–Kier alpha value is -1.68. The molecular formula is C20H27NO2. The first kappa shape index (κ1) is 17.7. The van der Waals surface area contributed by atoms with Gasteiger partial charge in [0, 0.05) is 13.2 Å². The van der Waals surface area contributed by atoms with Crippen LogP contribution in [0.25, 0.3) is 0 Å². The molecule has 0 saturated heterocycles. The molecule has 2 atom stereocenters. The predicted molar refractivity (Wildman–Crippen MR) is 94.3 cm³/mol. The van der Waals surface area contributed by atoms with Crippen LogP contribution in [0, 0.1) is 0 Å². The molecule has 0 radical (unpaired) electrons. The first-order valence-corrected chi connectivity index (χ1v) is 8.37. The zero-order chi connectivity index (χ0) is 16.5. The molecule has 0 aliphatic heterocycles. The van der Waals surface area contributed by atoms with Crippen LogP contribution >= 0.6 is 0 Å². The van der Waals surface area contributed by atoms with Crippen molar-refractivity contribution in [3.63, 3.8) is 0 Å². The molecule has 2 rings (SSSR count). The van der Waals surface area contributed by atoms with Gasteiger partial charge in [-0.15, -0.1) is 0 Å². The number of likely N-dealkylation sites (N-methyl/N-ethyl adjacent to an activating group) is 1. The van der Waals surface area contributed by atoms with Crippen molar-refractivity contribution < 1.29 is 9.84 Å². The van der Waals surface area contributed by atoms with E-state index in [-0.39, 0.29) is 6.04 Å². The van der Waals surface area contributed by atoms with Gasteiger partial charge >= 0.3 is 0 Å². The summed E-state index contributed by atoms with van der Waals surface area (Å²) in [4.78, 5) is 2.28. The second kappa shape index (κ2) is 9.46. The Balaban J connectivity index is 2.27. The number of ether oxygens (including phenoxy) is 1. The normalized spacial score (nSPS) is 13.9. The number of hydrogen-bond donors (Lipinski definition) is 1. The van der Waals surface area contributed by atoms with Crippen LogP contribution in [0.2, 0.25) is 0 Å². The van der Waals surface area contributed by atoms with Gasteiger partial charge in [0.25, 0.3) is 0 Å². The third-order valence-electron chi connectivity index (χ3n) is 4.11. The molecule has 0 aliphatic carbocycles. The fraction of sp³-hybridized carbons (Fsp3) is 0.400. The van der Waals surface area contributed by atoms with Crippen LogP contribution in [0.4, 0.5) is 0 Å². The number of aliphatic hydroxyl groups is 1. The molecule has 2 aromatic carbocycles. The van der Waals surface area contributed by atoms with Gasteiger partial charge in [0.05, 0.1) is 18.8 Å². The van der Waals surface area contributed by atoms with Crippen molar-refractivity contribution in [1.29, 1.82) is 0 Å². The Morgan fingerprint density at radius 3 is 2.00 bits per heavy atom. The number of rotatable bonds is 9. The summed E-state index contributed by atoms with van der Waals surface area (Å²) in [5.41, 5.74) is 2.07. The average molecular weight is 313 g/mol. The number of aliphatic hydroxyl groups excluding tert-OH is 1. The zero-order valence-corrected chi connectivity index (χ0v) is 14.1. The largest absolute Gasteiger partial charge is 0.386 e. The smallest absolute Gasteiger partial charge is 0.0986 e. The molecule has 2 aromatic rings. The van der Waals surface area contributed by atoms with Crippen LogP contribution in [0.1, 0.15) is 37.1 Å². The van der Waals surface area contributed by atoms with Crippen molar-refractivity contribution in [1.82, 2.24) is 4.90 Å². The summed E-state index contributed by atoms with van der Waals surface area (Å²) in [6.07, 6.45) is -0.569. The summed E-state index contributed by atoms with van der Waals surface area (Å²) in [7, 11) is 0. The van der Waals surface area contributed by atoms with Crippen LogP contribution in [-0.2, 0) is 4.74 Å². The highest BCUT2D eigenvalue weighted by molar-refractivity contribution is 5.26. The Labute approximate surface area is 139 Å². The third-order valence-corrected chi connectivity index (χ3v) is 4.11. The highest BCUT2D eigenvalue weighted by Gasteiger charge is 2.27. The predicted octanol–water partition coefficient (Wildman–Crippen LogP) is 3.82.